The molecule has 0 bridgehead atoms. The standard InChI is InChI=1S/C23H26N2O/c1-2-21(20-10-9-17-5-3-4-6-19(17)15-20)25-23(26)14-16-7-8-18-11-12-24-22(18)13-16/h7-13,15,21,24H,2-6,14H2,1H3,(H,25,26). The Hall–Kier alpha value is -2.55. The van der Waals surface area contributed by atoms with Crippen molar-refractivity contribution >= 4 is 16.8 Å². The SMILES string of the molecule is CCC(NC(=O)Cc1ccc2cc[nH]c2c1)c1ccc2c(c1)CCCC2. The molecule has 0 saturated heterocycles. The minimum atomic E-state index is 0.0838. The number of fused-ring (bicyclic) bond motifs is 2. The van der Waals surface area contributed by atoms with Crippen LogP contribution in [0.15, 0.2) is 48.7 Å². The van der Waals surface area contributed by atoms with E-state index in [9.17, 15) is 4.79 Å². The van der Waals surface area contributed by atoms with Crippen molar-refractivity contribution in [3.05, 3.63) is 70.9 Å². The van der Waals surface area contributed by atoms with Crippen molar-refractivity contribution in [2.75, 3.05) is 0 Å². The number of carbonyl (C=O) groups is 1. The van der Waals surface area contributed by atoms with Gasteiger partial charge in [-0.25, -0.2) is 0 Å². The van der Waals surface area contributed by atoms with E-state index in [1.807, 2.05) is 18.3 Å². The molecule has 0 fully saturated rings. The molecule has 1 amide bonds. The van der Waals surface area contributed by atoms with E-state index in [0.717, 1.165) is 17.5 Å². The van der Waals surface area contributed by atoms with E-state index in [1.54, 1.807) is 0 Å². The Morgan fingerprint density at radius 1 is 1.08 bits per heavy atom. The number of carbonyl (C=O) groups excluding carboxylic acids is 1. The summed E-state index contributed by atoms with van der Waals surface area (Å²) in [6, 6.07) is 15.1. The molecule has 1 aromatic heterocycles. The number of hydrogen-bond donors (Lipinski definition) is 2. The summed E-state index contributed by atoms with van der Waals surface area (Å²) in [5.74, 6) is 0.0838. The van der Waals surface area contributed by atoms with Crippen LogP contribution in [-0.2, 0) is 24.1 Å². The molecule has 2 N–H and O–H groups in total. The first kappa shape index (κ1) is 16.9. The number of aromatic nitrogens is 1. The first-order valence-corrected chi connectivity index (χ1v) is 9.70. The topological polar surface area (TPSA) is 44.9 Å². The molecular weight excluding hydrogens is 320 g/mol. The molecule has 0 saturated carbocycles. The van der Waals surface area contributed by atoms with Gasteiger partial charge < -0.3 is 10.3 Å². The first-order chi connectivity index (χ1) is 12.7. The molecule has 1 aliphatic rings. The molecule has 1 atom stereocenters. The molecule has 26 heavy (non-hydrogen) atoms. The second-order valence-corrected chi connectivity index (χ2v) is 7.34. The predicted molar refractivity (Wildman–Crippen MR) is 106 cm³/mol. The van der Waals surface area contributed by atoms with Crippen molar-refractivity contribution in [3.8, 4) is 0 Å². The van der Waals surface area contributed by atoms with E-state index in [-0.39, 0.29) is 11.9 Å². The van der Waals surface area contributed by atoms with Crippen LogP contribution in [-0.4, -0.2) is 10.9 Å². The number of aryl methyl sites for hydroxylation is 2. The van der Waals surface area contributed by atoms with Crippen molar-refractivity contribution in [2.45, 2.75) is 51.5 Å². The fraction of sp³-hybridized carbons (Fsp3) is 0.348. The molecule has 1 heterocycles. The monoisotopic (exact) mass is 346 g/mol. The van der Waals surface area contributed by atoms with Crippen LogP contribution in [0.2, 0.25) is 0 Å². The third kappa shape index (κ3) is 3.52. The number of H-pyrrole nitrogens is 1. The Balaban J connectivity index is 1.46. The maximum Gasteiger partial charge on any atom is 0.224 e. The van der Waals surface area contributed by atoms with Gasteiger partial charge in [-0.05, 0) is 71.9 Å². The summed E-state index contributed by atoms with van der Waals surface area (Å²) in [5, 5.41) is 4.41. The maximum absolute atomic E-state index is 12.6. The highest BCUT2D eigenvalue weighted by Gasteiger charge is 2.16. The zero-order valence-electron chi connectivity index (χ0n) is 15.3. The molecule has 134 valence electrons. The van der Waals surface area contributed by atoms with Gasteiger partial charge in [0, 0.05) is 11.7 Å². The van der Waals surface area contributed by atoms with Gasteiger partial charge in [0.15, 0.2) is 0 Å². The molecule has 3 aromatic rings. The van der Waals surface area contributed by atoms with Gasteiger partial charge in [0.1, 0.15) is 0 Å². The Morgan fingerprint density at radius 3 is 2.77 bits per heavy atom. The van der Waals surface area contributed by atoms with Crippen molar-refractivity contribution in [2.24, 2.45) is 0 Å². The van der Waals surface area contributed by atoms with Gasteiger partial charge in [0.2, 0.25) is 5.91 Å². The zero-order chi connectivity index (χ0) is 17.9. The molecule has 0 radical (unpaired) electrons. The lowest BCUT2D eigenvalue weighted by molar-refractivity contribution is -0.121. The quantitative estimate of drug-likeness (QED) is 0.681. The lowest BCUT2D eigenvalue weighted by Crippen LogP contribution is -2.29. The van der Waals surface area contributed by atoms with Crippen LogP contribution in [0.4, 0.5) is 0 Å². The van der Waals surface area contributed by atoms with E-state index < -0.39 is 0 Å². The van der Waals surface area contributed by atoms with Gasteiger partial charge in [-0.2, -0.15) is 0 Å². The molecule has 1 aliphatic carbocycles. The molecule has 0 spiro atoms. The highest BCUT2D eigenvalue weighted by atomic mass is 16.1. The molecule has 2 aromatic carbocycles. The van der Waals surface area contributed by atoms with Gasteiger partial charge in [-0.3, -0.25) is 4.79 Å². The Labute approximate surface area is 154 Å². The number of hydrogen-bond acceptors (Lipinski definition) is 1. The van der Waals surface area contributed by atoms with Crippen molar-refractivity contribution in [1.29, 1.82) is 0 Å². The predicted octanol–water partition coefficient (Wildman–Crippen LogP) is 4.86. The second-order valence-electron chi connectivity index (χ2n) is 7.34. The Morgan fingerprint density at radius 2 is 1.92 bits per heavy atom. The lowest BCUT2D eigenvalue weighted by atomic mass is 9.88. The fourth-order valence-corrected chi connectivity index (χ4v) is 4.03. The Kier molecular flexibility index (Phi) is 4.79. The van der Waals surface area contributed by atoms with E-state index in [4.69, 9.17) is 0 Å². The zero-order valence-corrected chi connectivity index (χ0v) is 15.3. The number of rotatable bonds is 5. The third-order valence-electron chi connectivity index (χ3n) is 5.50. The van der Waals surface area contributed by atoms with E-state index in [1.165, 1.54) is 47.8 Å². The minimum Gasteiger partial charge on any atom is -0.361 e. The van der Waals surface area contributed by atoms with E-state index in [2.05, 4.69) is 47.6 Å². The van der Waals surface area contributed by atoms with Crippen molar-refractivity contribution in [3.63, 3.8) is 0 Å². The maximum atomic E-state index is 12.6. The fourth-order valence-electron chi connectivity index (χ4n) is 4.03. The summed E-state index contributed by atoms with van der Waals surface area (Å²) < 4.78 is 0. The normalized spacial score (nSPS) is 14.8. The van der Waals surface area contributed by atoms with E-state index in [0.29, 0.717) is 6.42 Å². The average molecular weight is 346 g/mol. The van der Waals surface area contributed by atoms with Crippen molar-refractivity contribution in [1.82, 2.24) is 10.3 Å². The molecular formula is C23H26N2O. The number of nitrogens with one attached hydrogen (secondary N) is 2. The Bertz CT molecular complexity index is 925. The molecule has 0 aliphatic heterocycles. The summed E-state index contributed by atoms with van der Waals surface area (Å²) >= 11 is 0. The third-order valence-corrected chi connectivity index (χ3v) is 5.50. The van der Waals surface area contributed by atoms with Crippen LogP contribution in [0.3, 0.4) is 0 Å². The number of amides is 1. The molecule has 1 unspecified atom stereocenters. The van der Waals surface area contributed by atoms with Crippen LogP contribution < -0.4 is 5.32 Å². The summed E-state index contributed by atoms with van der Waals surface area (Å²) in [5.41, 5.74) is 6.31. The minimum absolute atomic E-state index is 0.0838. The number of benzene rings is 2. The first-order valence-electron chi connectivity index (χ1n) is 9.70. The van der Waals surface area contributed by atoms with Crippen LogP contribution in [0.25, 0.3) is 10.9 Å². The van der Waals surface area contributed by atoms with Crippen LogP contribution in [0.1, 0.15) is 54.5 Å². The summed E-state index contributed by atoms with van der Waals surface area (Å²) in [4.78, 5) is 15.8. The van der Waals surface area contributed by atoms with Gasteiger partial charge in [0.25, 0.3) is 0 Å². The average Bonchev–Trinajstić information content (AvgIpc) is 3.13. The lowest BCUT2D eigenvalue weighted by Gasteiger charge is -2.22. The molecule has 3 heteroatoms. The second kappa shape index (κ2) is 7.36. The van der Waals surface area contributed by atoms with Gasteiger partial charge in [0.05, 0.1) is 12.5 Å². The van der Waals surface area contributed by atoms with Gasteiger partial charge >= 0.3 is 0 Å². The van der Waals surface area contributed by atoms with Crippen molar-refractivity contribution < 1.29 is 4.79 Å². The van der Waals surface area contributed by atoms with Gasteiger partial charge in [-0.1, -0.05) is 37.3 Å². The van der Waals surface area contributed by atoms with Gasteiger partial charge in [-0.15, -0.1) is 0 Å². The largest absolute Gasteiger partial charge is 0.361 e. The summed E-state index contributed by atoms with van der Waals surface area (Å²) in [7, 11) is 0. The molecule has 3 nitrogen and oxygen atoms in total. The highest BCUT2D eigenvalue weighted by molar-refractivity contribution is 5.83. The van der Waals surface area contributed by atoms with E-state index >= 15 is 0 Å². The van der Waals surface area contributed by atoms with Crippen LogP contribution in [0.5, 0.6) is 0 Å². The number of aromatic amines is 1. The van der Waals surface area contributed by atoms with Crippen LogP contribution in [0, 0.1) is 0 Å². The smallest absolute Gasteiger partial charge is 0.224 e. The summed E-state index contributed by atoms with van der Waals surface area (Å²) in [6.45, 7) is 2.13. The summed E-state index contributed by atoms with van der Waals surface area (Å²) in [6.07, 6.45) is 8.18. The molecule has 4 rings (SSSR count). The highest BCUT2D eigenvalue weighted by Crippen LogP contribution is 2.26. The van der Waals surface area contributed by atoms with Crippen LogP contribution >= 0.6 is 0 Å².